The highest BCUT2D eigenvalue weighted by molar-refractivity contribution is 7.80. The molecule has 0 amide bonds. The van der Waals surface area contributed by atoms with Crippen molar-refractivity contribution in [3.8, 4) is 11.6 Å². The zero-order valence-electron chi connectivity index (χ0n) is 11.9. The van der Waals surface area contributed by atoms with Crippen molar-refractivity contribution < 1.29 is 4.74 Å². The van der Waals surface area contributed by atoms with Gasteiger partial charge in [-0.05, 0) is 29.2 Å². The Bertz CT molecular complexity index is 632. The molecule has 0 saturated carbocycles. The Hall–Kier alpha value is -1.94. The van der Waals surface area contributed by atoms with Crippen molar-refractivity contribution in [2.24, 2.45) is 5.73 Å². The number of pyridine rings is 1. The van der Waals surface area contributed by atoms with Gasteiger partial charge in [0.2, 0.25) is 5.88 Å². The molecule has 2 rings (SSSR count). The Labute approximate surface area is 124 Å². The fraction of sp³-hybridized carbons (Fsp3) is 0.250. The van der Waals surface area contributed by atoms with Crippen LogP contribution in [0.25, 0.3) is 0 Å². The van der Waals surface area contributed by atoms with Crippen molar-refractivity contribution in [3.63, 3.8) is 0 Å². The zero-order chi connectivity index (χ0) is 14.8. The molecule has 0 aliphatic carbocycles. The van der Waals surface area contributed by atoms with Crippen LogP contribution in [0.3, 0.4) is 0 Å². The van der Waals surface area contributed by atoms with Crippen LogP contribution in [-0.4, -0.2) is 9.97 Å². The number of benzene rings is 1. The summed E-state index contributed by atoms with van der Waals surface area (Å²) in [6.07, 6.45) is 0. The van der Waals surface area contributed by atoms with Crippen LogP contribution in [0.4, 0.5) is 0 Å². The Morgan fingerprint density at radius 3 is 2.50 bits per heavy atom. The third kappa shape index (κ3) is 3.54. The van der Waals surface area contributed by atoms with E-state index in [1.165, 1.54) is 5.56 Å². The van der Waals surface area contributed by atoms with Crippen molar-refractivity contribution in [2.75, 3.05) is 0 Å². The third-order valence-corrected chi connectivity index (χ3v) is 3.11. The standard InChI is InChI=1S/C16H18N2OS/c1-16(2,3)11-6-4-7-12(10-11)19-14-9-5-8-13(18-14)15(17)20/h4-10H,1-3H3,(H2,17,20). The fourth-order valence-corrected chi connectivity index (χ4v) is 1.87. The lowest BCUT2D eigenvalue weighted by Crippen LogP contribution is -2.12. The van der Waals surface area contributed by atoms with Gasteiger partial charge in [0.25, 0.3) is 0 Å². The molecule has 1 heterocycles. The van der Waals surface area contributed by atoms with Gasteiger partial charge >= 0.3 is 0 Å². The highest BCUT2D eigenvalue weighted by Gasteiger charge is 2.14. The number of rotatable bonds is 3. The summed E-state index contributed by atoms with van der Waals surface area (Å²) >= 11 is 4.92. The number of nitrogens with two attached hydrogens (primary N) is 1. The van der Waals surface area contributed by atoms with Crippen molar-refractivity contribution in [1.82, 2.24) is 4.98 Å². The summed E-state index contributed by atoms with van der Waals surface area (Å²) < 4.78 is 5.78. The lowest BCUT2D eigenvalue weighted by Gasteiger charge is -2.19. The van der Waals surface area contributed by atoms with Crippen molar-refractivity contribution in [1.29, 1.82) is 0 Å². The maximum Gasteiger partial charge on any atom is 0.219 e. The molecule has 0 spiro atoms. The van der Waals surface area contributed by atoms with Crippen LogP contribution in [0.1, 0.15) is 32.0 Å². The van der Waals surface area contributed by atoms with Gasteiger partial charge in [0, 0.05) is 6.07 Å². The predicted molar refractivity (Wildman–Crippen MR) is 85.3 cm³/mol. The molecule has 0 radical (unpaired) electrons. The molecule has 0 unspecified atom stereocenters. The number of ether oxygens (including phenoxy) is 1. The normalized spacial score (nSPS) is 11.2. The first-order chi connectivity index (χ1) is 9.36. The van der Waals surface area contributed by atoms with Crippen LogP contribution in [-0.2, 0) is 5.41 Å². The maximum absolute atomic E-state index is 5.78. The molecule has 0 aliphatic rings. The van der Waals surface area contributed by atoms with E-state index in [0.29, 0.717) is 11.6 Å². The minimum absolute atomic E-state index is 0.0769. The van der Waals surface area contributed by atoms with E-state index in [9.17, 15) is 0 Å². The first-order valence-electron chi connectivity index (χ1n) is 6.41. The molecule has 0 atom stereocenters. The van der Waals surface area contributed by atoms with E-state index in [0.717, 1.165) is 5.75 Å². The zero-order valence-corrected chi connectivity index (χ0v) is 12.7. The molecular formula is C16H18N2OS. The molecular weight excluding hydrogens is 268 g/mol. The first-order valence-corrected chi connectivity index (χ1v) is 6.82. The highest BCUT2D eigenvalue weighted by atomic mass is 32.1. The molecule has 0 bridgehead atoms. The first kappa shape index (κ1) is 14.5. The summed E-state index contributed by atoms with van der Waals surface area (Å²) in [6, 6.07) is 13.4. The van der Waals surface area contributed by atoms with Crippen LogP contribution < -0.4 is 10.5 Å². The largest absolute Gasteiger partial charge is 0.439 e. The molecule has 20 heavy (non-hydrogen) atoms. The summed E-state index contributed by atoms with van der Waals surface area (Å²) in [5.74, 6) is 1.24. The van der Waals surface area contributed by atoms with E-state index in [-0.39, 0.29) is 10.4 Å². The van der Waals surface area contributed by atoms with Gasteiger partial charge in [-0.15, -0.1) is 0 Å². The molecule has 3 nitrogen and oxygen atoms in total. The van der Waals surface area contributed by atoms with E-state index < -0.39 is 0 Å². The van der Waals surface area contributed by atoms with Gasteiger partial charge in [-0.2, -0.15) is 0 Å². The topological polar surface area (TPSA) is 48.1 Å². The Morgan fingerprint density at radius 2 is 1.85 bits per heavy atom. The van der Waals surface area contributed by atoms with Gasteiger partial charge in [-0.25, -0.2) is 4.98 Å². The molecule has 104 valence electrons. The Morgan fingerprint density at radius 1 is 1.15 bits per heavy atom. The van der Waals surface area contributed by atoms with Crippen LogP contribution in [0.15, 0.2) is 42.5 Å². The lowest BCUT2D eigenvalue weighted by molar-refractivity contribution is 0.459. The van der Waals surface area contributed by atoms with Crippen LogP contribution >= 0.6 is 12.2 Å². The van der Waals surface area contributed by atoms with E-state index in [1.54, 1.807) is 12.1 Å². The Kier molecular flexibility index (Phi) is 4.04. The molecule has 2 aromatic rings. The molecule has 0 fully saturated rings. The minimum Gasteiger partial charge on any atom is -0.439 e. The average molecular weight is 286 g/mol. The fourth-order valence-electron chi connectivity index (χ4n) is 1.76. The molecule has 0 aliphatic heterocycles. The summed E-state index contributed by atoms with van der Waals surface area (Å²) in [5, 5.41) is 0. The number of thiocarbonyl (C=S) groups is 1. The third-order valence-electron chi connectivity index (χ3n) is 2.90. The Balaban J connectivity index is 2.26. The van der Waals surface area contributed by atoms with Gasteiger partial charge in [0.1, 0.15) is 16.4 Å². The van der Waals surface area contributed by atoms with Crippen LogP contribution in [0, 0.1) is 0 Å². The SMILES string of the molecule is CC(C)(C)c1cccc(Oc2cccc(C(N)=S)n2)c1. The summed E-state index contributed by atoms with van der Waals surface area (Å²) in [4.78, 5) is 4.53. The number of hydrogen-bond donors (Lipinski definition) is 1. The summed E-state index contributed by atoms with van der Waals surface area (Å²) in [5.41, 5.74) is 7.42. The van der Waals surface area contributed by atoms with Gasteiger partial charge in [-0.1, -0.05) is 51.2 Å². The van der Waals surface area contributed by atoms with E-state index in [1.807, 2.05) is 24.3 Å². The highest BCUT2D eigenvalue weighted by Crippen LogP contribution is 2.27. The van der Waals surface area contributed by atoms with Gasteiger partial charge in [-0.3, -0.25) is 0 Å². The number of hydrogen-bond acceptors (Lipinski definition) is 3. The maximum atomic E-state index is 5.78. The van der Waals surface area contributed by atoms with Gasteiger partial charge < -0.3 is 10.5 Å². The summed E-state index contributed by atoms with van der Waals surface area (Å²) in [6.45, 7) is 6.49. The van der Waals surface area contributed by atoms with Crippen LogP contribution in [0.2, 0.25) is 0 Å². The lowest BCUT2D eigenvalue weighted by atomic mass is 9.87. The molecule has 4 heteroatoms. The predicted octanol–water partition coefficient (Wildman–Crippen LogP) is 3.81. The van der Waals surface area contributed by atoms with Crippen molar-refractivity contribution >= 4 is 17.2 Å². The van der Waals surface area contributed by atoms with Gasteiger partial charge in [0.15, 0.2) is 0 Å². The number of aromatic nitrogens is 1. The quantitative estimate of drug-likeness (QED) is 0.872. The molecule has 1 aromatic carbocycles. The second kappa shape index (κ2) is 5.59. The van der Waals surface area contributed by atoms with E-state index in [2.05, 4.69) is 31.8 Å². The molecule has 2 N–H and O–H groups in total. The second-order valence-electron chi connectivity index (χ2n) is 5.61. The van der Waals surface area contributed by atoms with Crippen molar-refractivity contribution in [3.05, 3.63) is 53.7 Å². The summed E-state index contributed by atoms with van der Waals surface area (Å²) in [7, 11) is 0. The molecule has 0 saturated heterocycles. The monoisotopic (exact) mass is 286 g/mol. The van der Waals surface area contributed by atoms with Gasteiger partial charge in [0.05, 0.1) is 0 Å². The minimum atomic E-state index is 0.0769. The average Bonchev–Trinajstić information content (AvgIpc) is 2.38. The van der Waals surface area contributed by atoms with E-state index in [4.69, 9.17) is 22.7 Å². The van der Waals surface area contributed by atoms with E-state index >= 15 is 0 Å². The van der Waals surface area contributed by atoms with Crippen molar-refractivity contribution in [2.45, 2.75) is 26.2 Å². The number of nitrogens with zero attached hydrogens (tertiary/aromatic N) is 1. The second-order valence-corrected chi connectivity index (χ2v) is 6.05. The molecule has 1 aromatic heterocycles. The van der Waals surface area contributed by atoms with Crippen LogP contribution in [0.5, 0.6) is 11.6 Å². The smallest absolute Gasteiger partial charge is 0.219 e.